The molecule has 12 aromatic carbocycles. The molecule has 12 aromatic rings. The number of thiol groups is 1. The molecule has 10 N–H and O–H groups in total. The van der Waals surface area contributed by atoms with Crippen molar-refractivity contribution in [2.75, 3.05) is 16.0 Å². The molecule has 0 bridgehead atoms. The lowest BCUT2D eigenvalue weighted by Crippen LogP contribution is -2.13. The van der Waals surface area contributed by atoms with Crippen molar-refractivity contribution >= 4 is 167 Å². The van der Waals surface area contributed by atoms with Gasteiger partial charge in [0.05, 0.1) is 59.7 Å². The number of ether oxygens (including phenoxy) is 1. The number of fused-ring (bicyclic) bond motifs is 3. The summed E-state index contributed by atoms with van der Waals surface area (Å²) < 4.78 is 126. The average molecular weight is 1560 g/mol. The second kappa shape index (κ2) is 35.0. The van der Waals surface area contributed by atoms with E-state index in [0.29, 0.717) is 44.4 Å². The van der Waals surface area contributed by atoms with Crippen molar-refractivity contribution in [2.24, 2.45) is 30.7 Å². The molecule has 0 spiro atoms. The maximum absolute atomic E-state index is 13.1. The molecule has 108 heavy (non-hydrogen) atoms. The minimum Gasteiger partial charge on any atom is -0.506 e. The Morgan fingerprint density at radius 2 is 0.861 bits per heavy atom. The zero-order valence-electron chi connectivity index (χ0n) is 54.8. The molecule has 0 atom stereocenters. The van der Waals surface area contributed by atoms with Gasteiger partial charge in [-0.2, -0.15) is 53.2 Å². The summed E-state index contributed by atoms with van der Waals surface area (Å²) in [6.45, 7) is 0.145. The number of carboxylic acids is 1. The molecule has 31 nitrogen and oxygen atoms in total. The lowest BCUT2D eigenvalue weighted by Gasteiger charge is -2.12. The number of carbonyl (C=O) groups excluding carboxylic acids is 4. The van der Waals surface area contributed by atoms with E-state index in [4.69, 9.17) is 21.9 Å². The number of nitrogens with zero attached hydrogens (tertiary/aromatic N) is 6. The number of anilines is 3. The summed E-state index contributed by atoms with van der Waals surface area (Å²) in [6, 6.07) is 59.8. The maximum atomic E-state index is 13.1. The number of azo groups is 3. The molecule has 0 saturated carbocycles. The van der Waals surface area contributed by atoms with E-state index in [1.54, 1.807) is 109 Å². The molecule has 0 aliphatic heterocycles. The number of carbonyl (C=O) groups is 5. The van der Waals surface area contributed by atoms with Crippen molar-refractivity contribution in [1.29, 1.82) is 0 Å². The Balaban J connectivity index is 0.000000182. The molecular formula is C72H53N9O22S5. The third-order valence-corrected chi connectivity index (χ3v) is 17.8. The highest BCUT2D eigenvalue weighted by atomic mass is 32.2. The Morgan fingerprint density at radius 1 is 0.417 bits per heavy atom. The van der Waals surface area contributed by atoms with Crippen molar-refractivity contribution < 1.29 is 101 Å². The van der Waals surface area contributed by atoms with Crippen LogP contribution in [0.2, 0.25) is 0 Å². The fourth-order valence-corrected chi connectivity index (χ4v) is 11.6. The first kappa shape index (κ1) is 78.8. The first-order valence-corrected chi connectivity index (χ1v) is 36.5. The summed E-state index contributed by atoms with van der Waals surface area (Å²) in [7, 11) is -16.5. The van der Waals surface area contributed by atoms with Gasteiger partial charge in [-0.25, -0.2) is 4.79 Å². The van der Waals surface area contributed by atoms with Crippen molar-refractivity contribution in [1.82, 2.24) is 0 Å². The predicted octanol–water partition coefficient (Wildman–Crippen LogP) is 15.0. The van der Waals surface area contributed by atoms with Gasteiger partial charge in [-0.05, 0) is 144 Å². The van der Waals surface area contributed by atoms with Crippen molar-refractivity contribution in [3.63, 3.8) is 0 Å². The van der Waals surface area contributed by atoms with Crippen LogP contribution in [0.5, 0.6) is 23.0 Å². The summed E-state index contributed by atoms with van der Waals surface area (Å²) in [5, 5.41) is 77.0. The Hall–Kier alpha value is -13.3. The number of nitrogens with one attached hydrogen (secondary N) is 3. The fraction of sp³-hybridized carbons (Fsp3) is 0.0139. The molecule has 0 fully saturated rings. The first-order valence-electron chi connectivity index (χ1n) is 30.6. The third kappa shape index (κ3) is 20.8. The normalized spacial score (nSPS) is 11.4. The van der Waals surface area contributed by atoms with Crippen molar-refractivity contribution in [3.05, 3.63) is 264 Å². The van der Waals surface area contributed by atoms with E-state index in [1.807, 2.05) is 24.3 Å². The summed E-state index contributed by atoms with van der Waals surface area (Å²) in [5.74, 6) is -4.13. The van der Waals surface area contributed by atoms with Gasteiger partial charge >= 0.3 is 16.6 Å². The summed E-state index contributed by atoms with van der Waals surface area (Å²) >= 11 is 4.21. The number of hydrogen-bond donors (Lipinski definition) is 11. The van der Waals surface area contributed by atoms with E-state index in [-0.39, 0.29) is 94.9 Å². The van der Waals surface area contributed by atoms with Gasteiger partial charge in [-0.1, -0.05) is 103 Å². The van der Waals surface area contributed by atoms with Gasteiger partial charge in [0, 0.05) is 50.4 Å². The molecule has 0 unspecified atom stereocenters. The number of hydrogen-bond acceptors (Lipinski definition) is 25. The van der Waals surface area contributed by atoms with Gasteiger partial charge in [-0.3, -0.25) is 32.8 Å². The number of carboxylic acid groups (broad SMARTS) is 1. The van der Waals surface area contributed by atoms with Crippen LogP contribution in [0.15, 0.2) is 282 Å². The summed E-state index contributed by atoms with van der Waals surface area (Å²) in [4.78, 5) is 59.9. The number of aromatic carboxylic acids is 1. The average Bonchev–Trinajstić information content (AvgIpc) is 0.777. The van der Waals surface area contributed by atoms with Gasteiger partial charge in [0.25, 0.3) is 54.5 Å². The Bertz CT molecular complexity index is 6060. The van der Waals surface area contributed by atoms with Gasteiger partial charge in [0.1, 0.15) is 22.9 Å². The van der Waals surface area contributed by atoms with Gasteiger partial charge in [0.15, 0.2) is 11.5 Å². The largest absolute Gasteiger partial charge is 0.506 e. The third-order valence-electron chi connectivity index (χ3n) is 14.9. The second-order valence-corrected chi connectivity index (χ2v) is 27.1. The molecule has 0 heterocycles. The number of rotatable bonds is 19. The molecule has 0 aliphatic carbocycles. The van der Waals surface area contributed by atoms with E-state index in [1.165, 1.54) is 66.7 Å². The Kier molecular flexibility index (Phi) is 25.5. The standard InChI is InChI=1S/C25H17N3O6.C24H19N3O5S2.C23H17N3O8S2.O3S/c29-14-34-19-11-16(25(32)33)10-18(13-19)26-24(31)21-12-15-6-4-5-9-20(15)22(23(21)30)28-27-17-7-2-1-3-8-17;28-23-19-11-10-18(34(30,31)32)12-20(19)22(27-26-17-4-2-1-3-5-17)13-21(23)24(29)25-16-8-6-15(14-33)7-9-16;27-22-20(23(28)24-16-5-3-6-18(13-16)36(32,33)34)12-14-4-1-2-7-19(14)21(22)26-25-15-8-10-17(11-9-15)35(29,30)31;1-4(2)3/h1-14,30H,(H,26,31)(H,32,33);1-13,28,33H,14H2,(H,25,29)(H,30,31,32);1-13,27H,(H,24,28)(H,29,30,31)(H,32,33,34);. The van der Waals surface area contributed by atoms with E-state index in [9.17, 15) is 78.8 Å². The number of phenols is 3. The van der Waals surface area contributed by atoms with E-state index >= 15 is 0 Å². The van der Waals surface area contributed by atoms with Crippen LogP contribution in [0.25, 0.3) is 32.3 Å². The zero-order chi connectivity index (χ0) is 78.0. The molecule has 0 aromatic heterocycles. The fourth-order valence-electron chi connectivity index (χ4n) is 9.91. The zero-order valence-corrected chi connectivity index (χ0v) is 59.0. The first-order chi connectivity index (χ1) is 51.4. The SMILES string of the molecule is O=C(Nc1ccc(CS)cc1)c1cc(N=Nc2ccccc2)c2cc(S(=O)(=O)O)ccc2c1O.O=C(Nc1cccc(S(=O)(=O)O)c1)c1cc2ccccc2c(N=Nc2ccc(S(=O)(=O)O)cc2)c1O.O=COc1cc(NC(=O)c2cc3ccccc3c(N=Nc3ccccc3)c2O)cc(C(=O)O)c1.O=S(=O)=O. The highest BCUT2D eigenvalue weighted by Crippen LogP contribution is 2.43. The van der Waals surface area contributed by atoms with E-state index in [0.717, 1.165) is 42.0 Å². The number of phenolic OH excluding ortho intramolecular Hbond substituents is 3. The molecule has 36 heteroatoms. The van der Waals surface area contributed by atoms with Gasteiger partial charge < -0.3 is 41.1 Å². The number of benzene rings is 12. The monoisotopic (exact) mass is 1560 g/mol. The highest BCUT2D eigenvalue weighted by molar-refractivity contribution is 7.86. The quantitative estimate of drug-likeness (QED) is 0.0155. The Labute approximate surface area is 618 Å². The minimum atomic E-state index is -4.50. The van der Waals surface area contributed by atoms with Crippen LogP contribution >= 0.6 is 12.6 Å². The van der Waals surface area contributed by atoms with Crippen LogP contribution < -0.4 is 20.7 Å². The van der Waals surface area contributed by atoms with Crippen LogP contribution in [0.4, 0.5) is 51.2 Å². The van der Waals surface area contributed by atoms with Crippen LogP contribution in [-0.2, 0) is 51.5 Å². The van der Waals surface area contributed by atoms with Gasteiger partial charge in [0.2, 0.25) is 0 Å². The van der Waals surface area contributed by atoms with Crippen LogP contribution in [0.3, 0.4) is 0 Å². The maximum Gasteiger partial charge on any atom is 0.425 e. The number of aromatic hydroxyl groups is 3. The van der Waals surface area contributed by atoms with Crippen molar-refractivity contribution in [3.8, 4) is 23.0 Å². The second-order valence-electron chi connectivity index (χ2n) is 22.1. The molecule has 548 valence electrons. The van der Waals surface area contributed by atoms with Crippen LogP contribution in [-0.4, -0.2) is 102 Å². The van der Waals surface area contributed by atoms with E-state index in [2.05, 4.69) is 59.3 Å². The van der Waals surface area contributed by atoms with Crippen LogP contribution in [0.1, 0.15) is 47.0 Å². The molecule has 0 aliphatic rings. The molecular weight excluding hydrogens is 1500 g/mol. The topological polar surface area (TPSA) is 500 Å². The molecule has 12 rings (SSSR count). The Morgan fingerprint density at radius 3 is 1.35 bits per heavy atom. The van der Waals surface area contributed by atoms with Crippen molar-refractivity contribution in [2.45, 2.75) is 20.4 Å². The van der Waals surface area contributed by atoms with E-state index < -0.39 is 81.0 Å². The minimum absolute atomic E-state index is 0.0382. The smallest absolute Gasteiger partial charge is 0.425 e. The number of amides is 3. The molecule has 0 saturated heterocycles. The van der Waals surface area contributed by atoms with Gasteiger partial charge in [-0.15, -0.1) is 28.0 Å². The summed E-state index contributed by atoms with van der Waals surface area (Å²) in [6.07, 6.45) is 0. The molecule has 0 radical (unpaired) electrons. The highest BCUT2D eigenvalue weighted by Gasteiger charge is 2.24. The predicted molar refractivity (Wildman–Crippen MR) is 397 cm³/mol. The molecule has 3 amide bonds. The summed E-state index contributed by atoms with van der Waals surface area (Å²) in [5.41, 5.74) is 2.58. The lowest BCUT2D eigenvalue weighted by atomic mass is 10.0. The van der Waals surface area contributed by atoms with Crippen LogP contribution in [0, 0.1) is 0 Å². The lowest BCUT2D eigenvalue weighted by molar-refractivity contribution is -0.120.